The topological polar surface area (TPSA) is 29.9 Å². The van der Waals surface area contributed by atoms with Crippen molar-refractivity contribution in [3.8, 4) is 0 Å². The average molecular weight is 275 g/mol. The van der Waals surface area contributed by atoms with Crippen LogP contribution < -0.4 is 5.32 Å². The van der Waals surface area contributed by atoms with E-state index in [2.05, 4.69) is 24.1 Å². The van der Waals surface area contributed by atoms with Crippen LogP contribution in [0.1, 0.15) is 37.2 Å². The quantitative estimate of drug-likeness (QED) is 0.787. The van der Waals surface area contributed by atoms with Gasteiger partial charge in [-0.3, -0.25) is 0 Å². The number of benzene rings is 1. The van der Waals surface area contributed by atoms with E-state index in [1.165, 1.54) is 0 Å². The van der Waals surface area contributed by atoms with Crippen LogP contribution >= 0.6 is 0 Å². The Morgan fingerprint density at radius 2 is 2.15 bits per heavy atom. The maximum Gasteiger partial charge on any atom is 0.126 e. The number of halogens is 1. The van der Waals surface area contributed by atoms with Crippen LogP contribution in [0.15, 0.2) is 30.6 Å². The van der Waals surface area contributed by atoms with Crippen molar-refractivity contribution >= 4 is 0 Å². The fourth-order valence-electron chi connectivity index (χ4n) is 2.25. The van der Waals surface area contributed by atoms with Crippen molar-refractivity contribution in [1.29, 1.82) is 0 Å². The molecule has 108 valence electrons. The van der Waals surface area contributed by atoms with E-state index in [1.807, 2.05) is 22.9 Å². The molecule has 1 N–H and O–H groups in total. The third kappa shape index (κ3) is 3.67. The molecule has 2 aromatic rings. The minimum Gasteiger partial charge on any atom is -0.335 e. The number of nitrogens with zero attached hydrogens (tertiary/aromatic N) is 2. The zero-order chi connectivity index (χ0) is 14.4. The van der Waals surface area contributed by atoms with Gasteiger partial charge in [-0.05, 0) is 37.1 Å². The minimum atomic E-state index is -0.158. The summed E-state index contributed by atoms with van der Waals surface area (Å²) < 4.78 is 16.0. The second kappa shape index (κ2) is 7.20. The lowest BCUT2D eigenvalue weighted by molar-refractivity contribution is 0.604. The van der Waals surface area contributed by atoms with Gasteiger partial charge in [0.1, 0.15) is 11.6 Å². The van der Waals surface area contributed by atoms with Crippen LogP contribution in [-0.2, 0) is 19.5 Å². The number of hydrogen-bond acceptors (Lipinski definition) is 2. The average Bonchev–Trinajstić information content (AvgIpc) is 2.90. The van der Waals surface area contributed by atoms with E-state index in [-0.39, 0.29) is 5.82 Å². The molecule has 4 heteroatoms. The Hall–Kier alpha value is -1.68. The first-order valence-corrected chi connectivity index (χ1v) is 7.22. The second-order valence-electron chi connectivity index (χ2n) is 4.91. The molecular formula is C16H22FN3. The highest BCUT2D eigenvalue weighted by molar-refractivity contribution is 5.27. The van der Waals surface area contributed by atoms with Gasteiger partial charge in [-0.1, -0.05) is 19.1 Å². The van der Waals surface area contributed by atoms with Gasteiger partial charge in [0.2, 0.25) is 0 Å². The Morgan fingerprint density at radius 1 is 1.30 bits per heavy atom. The summed E-state index contributed by atoms with van der Waals surface area (Å²) in [6, 6.07) is 5.33. The third-order valence-corrected chi connectivity index (χ3v) is 3.36. The Morgan fingerprint density at radius 3 is 2.90 bits per heavy atom. The lowest BCUT2D eigenvalue weighted by Crippen LogP contribution is -2.14. The molecular weight excluding hydrogens is 253 g/mol. The largest absolute Gasteiger partial charge is 0.335 e. The molecule has 0 saturated carbocycles. The molecule has 0 aliphatic rings. The Balaban J connectivity index is 2.12. The lowest BCUT2D eigenvalue weighted by atomic mass is 10.1. The Labute approximate surface area is 119 Å². The van der Waals surface area contributed by atoms with Crippen molar-refractivity contribution in [2.75, 3.05) is 6.54 Å². The van der Waals surface area contributed by atoms with Crippen molar-refractivity contribution in [3.63, 3.8) is 0 Å². The van der Waals surface area contributed by atoms with Crippen LogP contribution in [0.2, 0.25) is 0 Å². The molecule has 0 bridgehead atoms. The summed E-state index contributed by atoms with van der Waals surface area (Å²) in [7, 11) is 0. The normalized spacial score (nSPS) is 10.9. The molecule has 0 atom stereocenters. The van der Waals surface area contributed by atoms with Gasteiger partial charge in [0.05, 0.1) is 0 Å². The van der Waals surface area contributed by atoms with Crippen LogP contribution in [0.3, 0.4) is 0 Å². The number of imidazole rings is 1. The molecule has 0 amide bonds. The van der Waals surface area contributed by atoms with Gasteiger partial charge in [0, 0.05) is 31.9 Å². The first-order chi connectivity index (χ1) is 9.74. The van der Waals surface area contributed by atoms with E-state index in [9.17, 15) is 4.39 Å². The van der Waals surface area contributed by atoms with E-state index < -0.39 is 0 Å². The molecule has 1 heterocycles. The highest BCUT2D eigenvalue weighted by Gasteiger charge is 2.08. The molecule has 3 nitrogen and oxygen atoms in total. The molecule has 1 aromatic carbocycles. The zero-order valence-electron chi connectivity index (χ0n) is 12.2. The number of hydrogen-bond donors (Lipinski definition) is 1. The predicted octanol–water partition coefficient (Wildman–Crippen LogP) is 3.13. The van der Waals surface area contributed by atoms with Gasteiger partial charge < -0.3 is 9.88 Å². The summed E-state index contributed by atoms with van der Waals surface area (Å²) in [6.07, 6.45) is 5.33. The first-order valence-electron chi connectivity index (χ1n) is 7.22. The predicted molar refractivity (Wildman–Crippen MR) is 79.1 cm³/mol. The molecule has 2 rings (SSSR count). The number of rotatable bonds is 7. The molecule has 1 aromatic heterocycles. The van der Waals surface area contributed by atoms with E-state index in [4.69, 9.17) is 0 Å². The highest BCUT2D eigenvalue weighted by Crippen LogP contribution is 2.15. The van der Waals surface area contributed by atoms with E-state index in [0.717, 1.165) is 37.4 Å². The number of aryl methyl sites for hydroxylation is 1. The molecule has 20 heavy (non-hydrogen) atoms. The summed E-state index contributed by atoms with van der Waals surface area (Å²) in [6.45, 7) is 6.81. The molecule has 0 radical (unpaired) electrons. The number of nitrogens with one attached hydrogen (secondary N) is 1. The highest BCUT2D eigenvalue weighted by atomic mass is 19.1. The van der Waals surface area contributed by atoms with Gasteiger partial charge in [-0.25, -0.2) is 9.37 Å². The van der Waals surface area contributed by atoms with Crippen LogP contribution in [0.4, 0.5) is 4.39 Å². The summed E-state index contributed by atoms with van der Waals surface area (Å²) in [5.74, 6) is 0.750. The van der Waals surface area contributed by atoms with Gasteiger partial charge in [-0.15, -0.1) is 0 Å². The monoisotopic (exact) mass is 275 g/mol. The molecule has 0 unspecified atom stereocenters. The summed E-state index contributed by atoms with van der Waals surface area (Å²) in [5, 5.41) is 3.34. The SMILES string of the molecule is CCCNCc1ccc(F)c(Cc2nccn2CC)c1. The number of aromatic nitrogens is 2. The minimum absolute atomic E-state index is 0.158. The van der Waals surface area contributed by atoms with Crippen molar-refractivity contribution in [1.82, 2.24) is 14.9 Å². The second-order valence-corrected chi connectivity index (χ2v) is 4.91. The van der Waals surface area contributed by atoms with Gasteiger partial charge in [0.25, 0.3) is 0 Å². The maximum absolute atomic E-state index is 13.9. The third-order valence-electron chi connectivity index (χ3n) is 3.36. The Bertz CT molecular complexity index is 548. The zero-order valence-corrected chi connectivity index (χ0v) is 12.2. The van der Waals surface area contributed by atoms with Gasteiger partial charge >= 0.3 is 0 Å². The molecule has 0 saturated heterocycles. The van der Waals surface area contributed by atoms with Crippen LogP contribution in [-0.4, -0.2) is 16.1 Å². The van der Waals surface area contributed by atoms with Crippen LogP contribution in [0, 0.1) is 5.82 Å². The van der Waals surface area contributed by atoms with E-state index in [0.29, 0.717) is 12.0 Å². The van der Waals surface area contributed by atoms with Gasteiger partial charge in [-0.2, -0.15) is 0 Å². The first kappa shape index (κ1) is 14.7. The van der Waals surface area contributed by atoms with Crippen molar-refractivity contribution in [2.45, 2.75) is 39.8 Å². The lowest BCUT2D eigenvalue weighted by Gasteiger charge is -2.09. The van der Waals surface area contributed by atoms with E-state index in [1.54, 1.807) is 12.3 Å². The molecule has 0 aliphatic heterocycles. The van der Waals surface area contributed by atoms with E-state index >= 15 is 0 Å². The summed E-state index contributed by atoms with van der Waals surface area (Å²) in [5.41, 5.74) is 1.83. The van der Waals surface area contributed by atoms with Crippen LogP contribution in [0.25, 0.3) is 0 Å². The fourth-order valence-corrected chi connectivity index (χ4v) is 2.25. The Kier molecular flexibility index (Phi) is 5.30. The van der Waals surface area contributed by atoms with Gasteiger partial charge in [0.15, 0.2) is 0 Å². The smallest absolute Gasteiger partial charge is 0.126 e. The summed E-state index contributed by atoms with van der Waals surface area (Å²) >= 11 is 0. The fraction of sp³-hybridized carbons (Fsp3) is 0.438. The van der Waals surface area contributed by atoms with Crippen molar-refractivity contribution < 1.29 is 4.39 Å². The van der Waals surface area contributed by atoms with Crippen LogP contribution in [0.5, 0.6) is 0 Å². The molecule has 0 aliphatic carbocycles. The van der Waals surface area contributed by atoms with Crippen molar-refractivity contribution in [2.24, 2.45) is 0 Å². The molecule has 0 fully saturated rings. The standard InChI is InChI=1S/C16H22FN3/c1-3-7-18-12-13-5-6-15(17)14(10-13)11-16-19-8-9-20(16)4-2/h5-6,8-10,18H,3-4,7,11-12H2,1-2H3. The van der Waals surface area contributed by atoms with Crippen molar-refractivity contribution in [3.05, 3.63) is 53.4 Å². The maximum atomic E-state index is 13.9. The summed E-state index contributed by atoms with van der Waals surface area (Å²) in [4.78, 5) is 4.31. The molecule has 0 spiro atoms.